The number of hydrogen-bond donors (Lipinski definition) is 0. The Morgan fingerprint density at radius 3 is 2.74 bits per heavy atom. The SMILES string of the molecule is Cn1c(=NC(=O)COc2ccc(Cl)cc2)sc2cccc(F)c21. The number of fused-ring (bicyclic) bond motifs is 1. The Balaban J connectivity index is 1.81. The number of amides is 1. The molecule has 0 atom stereocenters. The van der Waals surface area contributed by atoms with Crippen LogP contribution in [0.1, 0.15) is 0 Å². The molecule has 3 rings (SSSR count). The van der Waals surface area contributed by atoms with E-state index in [1.165, 1.54) is 17.4 Å². The molecule has 0 N–H and O–H groups in total. The molecule has 4 nitrogen and oxygen atoms in total. The second-order valence-corrected chi connectivity index (χ2v) is 6.22. The molecule has 1 heterocycles. The highest BCUT2D eigenvalue weighted by molar-refractivity contribution is 7.16. The number of halogens is 2. The van der Waals surface area contributed by atoms with E-state index in [1.54, 1.807) is 48.0 Å². The molecule has 0 saturated heterocycles. The standard InChI is InChI=1S/C16H12ClFN2O2S/c1-20-15-12(18)3-2-4-13(15)23-16(20)19-14(21)9-22-11-7-5-10(17)6-8-11/h2-8H,9H2,1H3. The fraction of sp³-hybridized carbons (Fsp3) is 0.125. The number of hydrogen-bond acceptors (Lipinski definition) is 3. The van der Waals surface area contributed by atoms with E-state index in [0.717, 1.165) is 4.70 Å². The first-order chi connectivity index (χ1) is 11.0. The minimum atomic E-state index is -0.442. The monoisotopic (exact) mass is 350 g/mol. The normalized spacial score (nSPS) is 11.9. The summed E-state index contributed by atoms with van der Waals surface area (Å²) in [4.78, 5) is 16.4. The number of para-hydroxylation sites is 1. The molecule has 0 fully saturated rings. The van der Waals surface area contributed by atoms with Crippen molar-refractivity contribution in [3.63, 3.8) is 0 Å². The second-order valence-electron chi connectivity index (χ2n) is 4.78. The molecule has 3 aromatic rings. The minimum Gasteiger partial charge on any atom is -0.484 e. The molecule has 23 heavy (non-hydrogen) atoms. The number of aromatic nitrogens is 1. The lowest BCUT2D eigenvalue weighted by atomic mass is 10.3. The largest absolute Gasteiger partial charge is 0.484 e. The van der Waals surface area contributed by atoms with Crippen LogP contribution in [0.4, 0.5) is 4.39 Å². The number of aryl methyl sites for hydroxylation is 1. The molecule has 0 aliphatic carbocycles. The summed E-state index contributed by atoms with van der Waals surface area (Å²) in [6, 6.07) is 11.5. The zero-order valence-electron chi connectivity index (χ0n) is 12.1. The van der Waals surface area contributed by atoms with Crippen LogP contribution in [0.2, 0.25) is 5.02 Å². The van der Waals surface area contributed by atoms with Crippen molar-refractivity contribution in [2.75, 3.05) is 6.61 Å². The van der Waals surface area contributed by atoms with Crippen molar-refractivity contribution in [1.82, 2.24) is 4.57 Å². The number of ether oxygens (including phenoxy) is 1. The predicted molar refractivity (Wildman–Crippen MR) is 88.3 cm³/mol. The van der Waals surface area contributed by atoms with Crippen molar-refractivity contribution < 1.29 is 13.9 Å². The fourth-order valence-electron chi connectivity index (χ4n) is 2.08. The molecule has 1 amide bonds. The van der Waals surface area contributed by atoms with Gasteiger partial charge in [0.25, 0.3) is 5.91 Å². The summed E-state index contributed by atoms with van der Waals surface area (Å²) in [7, 11) is 1.67. The molecule has 118 valence electrons. The van der Waals surface area contributed by atoms with Crippen molar-refractivity contribution in [2.24, 2.45) is 12.0 Å². The molecular weight excluding hydrogens is 339 g/mol. The van der Waals surface area contributed by atoms with E-state index in [0.29, 0.717) is 21.1 Å². The Bertz CT molecular complexity index is 931. The summed E-state index contributed by atoms with van der Waals surface area (Å²) < 4.78 is 21.5. The van der Waals surface area contributed by atoms with Gasteiger partial charge in [-0.05, 0) is 36.4 Å². The number of carbonyl (C=O) groups excluding carboxylic acids is 1. The summed E-state index contributed by atoms with van der Waals surface area (Å²) in [5, 5.41) is 0.590. The van der Waals surface area contributed by atoms with Crippen LogP contribution in [-0.2, 0) is 11.8 Å². The summed E-state index contributed by atoms with van der Waals surface area (Å²) in [5.74, 6) is -0.250. The number of carbonyl (C=O) groups is 1. The van der Waals surface area contributed by atoms with E-state index in [-0.39, 0.29) is 12.4 Å². The lowest BCUT2D eigenvalue weighted by molar-refractivity contribution is -0.120. The van der Waals surface area contributed by atoms with E-state index < -0.39 is 5.91 Å². The number of benzene rings is 2. The molecule has 0 unspecified atom stereocenters. The summed E-state index contributed by atoms with van der Waals surface area (Å²) in [6.07, 6.45) is 0. The topological polar surface area (TPSA) is 43.6 Å². The van der Waals surface area contributed by atoms with Crippen molar-refractivity contribution in [3.05, 3.63) is 58.1 Å². The van der Waals surface area contributed by atoms with E-state index in [4.69, 9.17) is 16.3 Å². The maximum atomic E-state index is 13.8. The molecule has 0 spiro atoms. The highest BCUT2D eigenvalue weighted by atomic mass is 35.5. The maximum absolute atomic E-state index is 13.8. The van der Waals surface area contributed by atoms with Gasteiger partial charge >= 0.3 is 0 Å². The highest BCUT2D eigenvalue weighted by Gasteiger charge is 2.09. The van der Waals surface area contributed by atoms with E-state index in [1.807, 2.05) is 0 Å². The average molecular weight is 351 g/mol. The van der Waals surface area contributed by atoms with Crippen LogP contribution in [0.15, 0.2) is 47.5 Å². The Hall–Kier alpha value is -2.18. The first-order valence-corrected chi connectivity index (χ1v) is 7.94. The van der Waals surface area contributed by atoms with Crippen molar-refractivity contribution in [3.8, 4) is 5.75 Å². The molecule has 0 aliphatic heterocycles. The van der Waals surface area contributed by atoms with Crippen LogP contribution in [0.3, 0.4) is 0 Å². The van der Waals surface area contributed by atoms with Gasteiger partial charge in [-0.3, -0.25) is 4.79 Å². The van der Waals surface area contributed by atoms with Crippen LogP contribution in [0.25, 0.3) is 10.2 Å². The van der Waals surface area contributed by atoms with Crippen LogP contribution in [-0.4, -0.2) is 17.1 Å². The van der Waals surface area contributed by atoms with E-state index in [2.05, 4.69) is 4.99 Å². The fourth-order valence-corrected chi connectivity index (χ4v) is 3.25. The number of rotatable bonds is 3. The Morgan fingerprint density at radius 1 is 1.30 bits per heavy atom. The molecular formula is C16H12ClFN2O2S. The second kappa shape index (κ2) is 6.52. The molecule has 0 saturated carbocycles. The third-order valence-corrected chi connectivity index (χ3v) is 4.52. The van der Waals surface area contributed by atoms with Gasteiger partial charge in [-0.15, -0.1) is 0 Å². The first-order valence-electron chi connectivity index (χ1n) is 6.74. The Kier molecular flexibility index (Phi) is 4.45. The van der Waals surface area contributed by atoms with Gasteiger partial charge in [0, 0.05) is 12.1 Å². The van der Waals surface area contributed by atoms with Crippen molar-refractivity contribution in [1.29, 1.82) is 0 Å². The molecule has 2 aromatic carbocycles. The van der Waals surface area contributed by atoms with Crippen LogP contribution in [0, 0.1) is 5.82 Å². The van der Waals surface area contributed by atoms with Crippen LogP contribution in [0.5, 0.6) is 5.75 Å². The molecule has 1 aromatic heterocycles. The van der Waals surface area contributed by atoms with Gasteiger partial charge in [0.1, 0.15) is 11.6 Å². The third kappa shape index (κ3) is 3.43. The van der Waals surface area contributed by atoms with Crippen LogP contribution >= 0.6 is 22.9 Å². The predicted octanol–water partition coefficient (Wildman–Crippen LogP) is 3.54. The van der Waals surface area contributed by atoms with Gasteiger partial charge in [-0.1, -0.05) is 29.0 Å². The Morgan fingerprint density at radius 2 is 2.04 bits per heavy atom. The van der Waals surface area contributed by atoms with Gasteiger partial charge < -0.3 is 9.30 Å². The number of nitrogens with zero attached hydrogens (tertiary/aromatic N) is 2. The first kappa shape index (κ1) is 15.7. The van der Waals surface area contributed by atoms with Gasteiger partial charge in [0.05, 0.1) is 10.2 Å². The average Bonchev–Trinajstić information content (AvgIpc) is 2.84. The van der Waals surface area contributed by atoms with E-state index >= 15 is 0 Å². The maximum Gasteiger partial charge on any atom is 0.286 e. The zero-order valence-corrected chi connectivity index (χ0v) is 13.7. The van der Waals surface area contributed by atoms with Crippen molar-refractivity contribution >= 4 is 39.1 Å². The van der Waals surface area contributed by atoms with Crippen LogP contribution < -0.4 is 9.54 Å². The minimum absolute atomic E-state index is 0.196. The molecule has 0 aliphatic rings. The Labute approximate surface area is 140 Å². The number of thiazole rings is 1. The van der Waals surface area contributed by atoms with E-state index in [9.17, 15) is 9.18 Å². The zero-order chi connectivity index (χ0) is 16.4. The van der Waals surface area contributed by atoms with Gasteiger partial charge in [0.15, 0.2) is 11.4 Å². The molecule has 0 radical (unpaired) electrons. The smallest absolute Gasteiger partial charge is 0.286 e. The quantitative estimate of drug-likeness (QED) is 0.725. The van der Waals surface area contributed by atoms with Gasteiger partial charge in [-0.2, -0.15) is 4.99 Å². The van der Waals surface area contributed by atoms with Gasteiger partial charge in [-0.25, -0.2) is 4.39 Å². The molecule has 7 heteroatoms. The molecule has 0 bridgehead atoms. The lowest BCUT2D eigenvalue weighted by Gasteiger charge is -2.02. The summed E-state index contributed by atoms with van der Waals surface area (Å²) in [6.45, 7) is -0.196. The van der Waals surface area contributed by atoms with Crippen molar-refractivity contribution in [2.45, 2.75) is 0 Å². The summed E-state index contributed by atoms with van der Waals surface area (Å²) in [5.41, 5.74) is 0.433. The highest BCUT2D eigenvalue weighted by Crippen LogP contribution is 2.19. The third-order valence-electron chi connectivity index (χ3n) is 3.17. The lowest BCUT2D eigenvalue weighted by Crippen LogP contribution is -2.17. The van der Waals surface area contributed by atoms with Gasteiger partial charge in [0.2, 0.25) is 0 Å². The summed E-state index contributed by atoms with van der Waals surface area (Å²) >= 11 is 7.03.